The molecule has 0 saturated heterocycles. The number of pyridine rings is 1. The minimum atomic E-state index is -4.94. The van der Waals surface area contributed by atoms with Gasteiger partial charge in [0.05, 0.1) is 17.0 Å². The fourth-order valence-electron chi connectivity index (χ4n) is 3.39. The lowest BCUT2D eigenvalue weighted by atomic mass is 10.0. The SMILES string of the molecule is C[C@@H](Nc1nn(C)c(=O)c2cc(=O)n(C(C)(C)C(F)(F)F)cc12)c1cccc(C(F)(F)F)c1F. The molecule has 0 spiro atoms. The number of aromatic nitrogens is 3. The molecule has 0 aliphatic carbocycles. The number of nitrogens with one attached hydrogen (secondary N) is 1. The van der Waals surface area contributed by atoms with Gasteiger partial charge in [-0.3, -0.25) is 9.59 Å². The maximum absolute atomic E-state index is 14.6. The van der Waals surface area contributed by atoms with Crippen LogP contribution in [0, 0.1) is 5.82 Å². The first-order chi connectivity index (χ1) is 15.5. The molecule has 0 saturated carbocycles. The number of nitrogens with zero attached hydrogens (tertiary/aromatic N) is 3. The number of aryl methyl sites for hydroxylation is 1. The molecular weight excluding hydrogens is 473 g/mol. The Morgan fingerprint density at radius 3 is 2.21 bits per heavy atom. The minimum Gasteiger partial charge on any atom is -0.361 e. The molecule has 3 aromatic rings. The fraction of sp³-hybridized carbons (Fsp3) is 0.381. The van der Waals surface area contributed by atoms with E-state index in [2.05, 4.69) is 10.4 Å². The minimum absolute atomic E-state index is 0.195. The van der Waals surface area contributed by atoms with Gasteiger partial charge in [-0.1, -0.05) is 12.1 Å². The van der Waals surface area contributed by atoms with Crippen molar-refractivity contribution in [1.29, 1.82) is 0 Å². The van der Waals surface area contributed by atoms with Crippen LogP contribution < -0.4 is 16.4 Å². The topological polar surface area (TPSA) is 68.9 Å². The molecule has 1 aromatic carbocycles. The molecule has 0 aliphatic rings. The molecule has 1 atom stereocenters. The number of rotatable bonds is 4. The van der Waals surface area contributed by atoms with E-state index < -0.39 is 46.4 Å². The highest BCUT2D eigenvalue weighted by Crippen LogP contribution is 2.37. The van der Waals surface area contributed by atoms with E-state index in [-0.39, 0.29) is 22.2 Å². The molecule has 0 bridgehead atoms. The highest BCUT2D eigenvalue weighted by Gasteiger charge is 2.49. The van der Waals surface area contributed by atoms with Crippen LogP contribution in [0.15, 0.2) is 40.1 Å². The van der Waals surface area contributed by atoms with Crippen molar-refractivity contribution in [3.8, 4) is 0 Å². The summed E-state index contributed by atoms with van der Waals surface area (Å²) in [5.41, 5.74) is -6.41. The van der Waals surface area contributed by atoms with Gasteiger partial charge in [0, 0.05) is 30.3 Å². The van der Waals surface area contributed by atoms with Crippen LogP contribution in [0.1, 0.15) is 37.9 Å². The highest BCUT2D eigenvalue weighted by atomic mass is 19.4. The average molecular weight is 492 g/mol. The predicted molar refractivity (Wildman–Crippen MR) is 110 cm³/mol. The lowest BCUT2D eigenvalue weighted by molar-refractivity contribution is -0.203. The number of hydrogen-bond acceptors (Lipinski definition) is 4. The monoisotopic (exact) mass is 492 g/mol. The van der Waals surface area contributed by atoms with Crippen LogP contribution in [0.5, 0.6) is 0 Å². The quantitative estimate of drug-likeness (QED) is 0.535. The first-order valence-electron chi connectivity index (χ1n) is 9.80. The van der Waals surface area contributed by atoms with Crippen molar-refractivity contribution in [3.05, 3.63) is 68.1 Å². The van der Waals surface area contributed by atoms with Crippen molar-refractivity contribution in [2.45, 2.75) is 44.7 Å². The van der Waals surface area contributed by atoms with Crippen molar-refractivity contribution in [1.82, 2.24) is 14.3 Å². The van der Waals surface area contributed by atoms with E-state index in [0.29, 0.717) is 10.6 Å². The van der Waals surface area contributed by atoms with Gasteiger partial charge in [-0.2, -0.15) is 31.4 Å². The van der Waals surface area contributed by atoms with E-state index in [1.807, 2.05) is 0 Å². The van der Waals surface area contributed by atoms with Crippen LogP contribution in [-0.2, 0) is 18.8 Å². The van der Waals surface area contributed by atoms with E-state index in [9.17, 15) is 40.3 Å². The maximum Gasteiger partial charge on any atom is 0.419 e. The first kappa shape index (κ1) is 25.2. The molecule has 0 radical (unpaired) electrons. The van der Waals surface area contributed by atoms with Gasteiger partial charge in [-0.05, 0) is 26.8 Å². The summed E-state index contributed by atoms with van der Waals surface area (Å²) in [6.45, 7) is 2.84. The number of benzene rings is 1. The average Bonchev–Trinajstić information content (AvgIpc) is 2.69. The molecular formula is C21H19F7N4O2. The Kier molecular flexibility index (Phi) is 6.04. The van der Waals surface area contributed by atoms with Crippen LogP contribution in [0.2, 0.25) is 0 Å². The molecule has 0 aliphatic heterocycles. The zero-order valence-corrected chi connectivity index (χ0v) is 18.3. The molecule has 3 rings (SSSR count). The summed E-state index contributed by atoms with van der Waals surface area (Å²) in [6.07, 6.45) is -8.97. The normalized spacial score (nSPS) is 13.9. The van der Waals surface area contributed by atoms with Gasteiger partial charge in [-0.15, -0.1) is 0 Å². The maximum atomic E-state index is 14.6. The summed E-state index contributed by atoms with van der Waals surface area (Å²) < 4.78 is 95.7. The van der Waals surface area contributed by atoms with Crippen LogP contribution in [0.4, 0.5) is 36.6 Å². The third kappa shape index (κ3) is 4.26. The van der Waals surface area contributed by atoms with Crippen LogP contribution in [-0.4, -0.2) is 20.5 Å². The Morgan fingerprint density at radius 2 is 1.65 bits per heavy atom. The second-order valence-corrected chi connectivity index (χ2v) is 8.22. The molecule has 1 N–H and O–H groups in total. The van der Waals surface area contributed by atoms with E-state index in [0.717, 1.165) is 42.9 Å². The predicted octanol–water partition coefficient (Wildman–Crippen LogP) is 4.72. The highest BCUT2D eigenvalue weighted by molar-refractivity contribution is 5.90. The summed E-state index contributed by atoms with van der Waals surface area (Å²) in [5.74, 6) is -1.76. The first-order valence-corrected chi connectivity index (χ1v) is 9.80. The van der Waals surface area contributed by atoms with Crippen LogP contribution >= 0.6 is 0 Å². The van der Waals surface area contributed by atoms with E-state index in [4.69, 9.17) is 0 Å². The number of hydrogen-bond donors (Lipinski definition) is 1. The van der Waals surface area contributed by atoms with Gasteiger partial charge >= 0.3 is 12.4 Å². The molecule has 6 nitrogen and oxygen atoms in total. The molecule has 0 amide bonds. The summed E-state index contributed by atoms with van der Waals surface area (Å²) in [6, 6.07) is 2.27. The van der Waals surface area contributed by atoms with Gasteiger partial charge < -0.3 is 9.88 Å². The van der Waals surface area contributed by atoms with Crippen molar-refractivity contribution in [2.24, 2.45) is 7.05 Å². The third-order valence-corrected chi connectivity index (χ3v) is 5.53. The zero-order valence-electron chi connectivity index (χ0n) is 18.3. The Labute approximate surface area is 187 Å². The molecule has 34 heavy (non-hydrogen) atoms. The number of alkyl halides is 6. The van der Waals surface area contributed by atoms with Crippen LogP contribution in [0.25, 0.3) is 10.8 Å². The van der Waals surface area contributed by atoms with Gasteiger partial charge in [0.15, 0.2) is 5.82 Å². The molecule has 0 unspecified atom stereocenters. The molecule has 0 fully saturated rings. The third-order valence-electron chi connectivity index (χ3n) is 5.53. The summed E-state index contributed by atoms with van der Waals surface area (Å²) in [4.78, 5) is 24.9. The van der Waals surface area contributed by atoms with Gasteiger partial charge in [-0.25, -0.2) is 9.07 Å². The summed E-state index contributed by atoms with van der Waals surface area (Å²) >= 11 is 0. The Morgan fingerprint density at radius 1 is 1.03 bits per heavy atom. The van der Waals surface area contributed by atoms with Crippen molar-refractivity contribution < 1.29 is 30.7 Å². The lowest BCUT2D eigenvalue weighted by Crippen LogP contribution is -2.47. The zero-order chi connectivity index (χ0) is 25.8. The van der Waals surface area contributed by atoms with Crippen molar-refractivity contribution >= 4 is 16.6 Å². The second kappa shape index (κ2) is 8.13. The van der Waals surface area contributed by atoms with E-state index in [1.165, 1.54) is 14.0 Å². The van der Waals surface area contributed by atoms with E-state index >= 15 is 0 Å². The molecule has 2 heterocycles. The van der Waals surface area contributed by atoms with Crippen molar-refractivity contribution in [2.75, 3.05) is 5.32 Å². The van der Waals surface area contributed by atoms with Crippen LogP contribution in [0.3, 0.4) is 0 Å². The van der Waals surface area contributed by atoms with Gasteiger partial charge in [0.2, 0.25) is 0 Å². The molecule has 13 heteroatoms. The second-order valence-electron chi connectivity index (χ2n) is 8.22. The largest absolute Gasteiger partial charge is 0.419 e. The summed E-state index contributed by atoms with van der Waals surface area (Å²) in [7, 11) is 1.22. The smallest absolute Gasteiger partial charge is 0.361 e. The van der Waals surface area contributed by atoms with Gasteiger partial charge in [0.25, 0.3) is 11.1 Å². The molecule has 2 aromatic heterocycles. The fourth-order valence-corrected chi connectivity index (χ4v) is 3.39. The number of fused-ring (bicyclic) bond motifs is 1. The molecule has 184 valence electrons. The van der Waals surface area contributed by atoms with Gasteiger partial charge in [0.1, 0.15) is 11.4 Å². The summed E-state index contributed by atoms with van der Waals surface area (Å²) in [5, 5.41) is 6.12. The Hall–Kier alpha value is -3.38. The van der Waals surface area contributed by atoms with E-state index in [1.54, 1.807) is 0 Å². The Bertz CT molecular complexity index is 1370. The van der Waals surface area contributed by atoms with Crippen molar-refractivity contribution in [3.63, 3.8) is 0 Å². The lowest BCUT2D eigenvalue weighted by Gasteiger charge is -2.30. The standard InChI is InChI=1S/C21H19F7N4O2/c1-10(11-6-5-7-14(16(11)22)20(23,24)25)29-17-13-9-32(19(2,3)21(26,27)28)15(33)8-12(13)18(34)31(4)30-17/h5-10H,1-4H3,(H,29,30)/t10-/m1/s1. The Balaban J connectivity index is 2.21. The number of halogens is 7. The number of anilines is 1.